The van der Waals surface area contributed by atoms with E-state index in [0.717, 1.165) is 17.6 Å². The Morgan fingerprint density at radius 2 is 1.90 bits per heavy atom. The number of piperazine rings is 1. The highest BCUT2D eigenvalue weighted by molar-refractivity contribution is 9.10. The molecule has 2 unspecified atom stereocenters. The summed E-state index contributed by atoms with van der Waals surface area (Å²) < 4.78 is 6.23. The molecule has 1 heterocycles. The molecule has 5 heteroatoms. The van der Waals surface area contributed by atoms with Crippen LogP contribution >= 0.6 is 15.9 Å². The molecule has 110 valence electrons. The highest BCUT2D eigenvalue weighted by Gasteiger charge is 2.30. The highest BCUT2D eigenvalue weighted by Crippen LogP contribution is 2.26. The number of carbonyl (C=O) groups excluding carboxylic acids is 1. The summed E-state index contributed by atoms with van der Waals surface area (Å²) in [7, 11) is 3.70. The first-order valence-corrected chi connectivity index (χ1v) is 7.58. The van der Waals surface area contributed by atoms with Gasteiger partial charge >= 0.3 is 0 Å². The molecule has 1 saturated heterocycles. The van der Waals surface area contributed by atoms with E-state index in [-0.39, 0.29) is 5.91 Å². The minimum Gasteiger partial charge on any atom is -0.496 e. The smallest absolute Gasteiger partial charge is 0.257 e. The second kappa shape index (κ2) is 6.14. The fourth-order valence-corrected chi connectivity index (χ4v) is 2.92. The maximum Gasteiger partial charge on any atom is 0.257 e. The molecule has 1 amide bonds. The topological polar surface area (TPSA) is 32.8 Å². The fourth-order valence-electron chi connectivity index (χ4n) is 2.58. The normalized spacial score (nSPS) is 23.8. The van der Waals surface area contributed by atoms with E-state index in [9.17, 15) is 4.79 Å². The third kappa shape index (κ3) is 2.99. The molecule has 0 N–H and O–H groups in total. The van der Waals surface area contributed by atoms with Crippen molar-refractivity contribution in [3.63, 3.8) is 0 Å². The van der Waals surface area contributed by atoms with E-state index in [0.29, 0.717) is 23.4 Å². The lowest BCUT2D eigenvalue weighted by molar-refractivity contribution is 0.0412. The van der Waals surface area contributed by atoms with Crippen LogP contribution in [0.2, 0.25) is 0 Å². The molecule has 4 nitrogen and oxygen atoms in total. The third-order valence-corrected chi connectivity index (χ3v) is 4.53. The Morgan fingerprint density at radius 3 is 2.45 bits per heavy atom. The number of amides is 1. The largest absolute Gasteiger partial charge is 0.496 e. The number of hydrogen-bond acceptors (Lipinski definition) is 3. The van der Waals surface area contributed by atoms with Crippen LogP contribution in [0.4, 0.5) is 0 Å². The van der Waals surface area contributed by atoms with E-state index in [2.05, 4.69) is 41.7 Å². The van der Waals surface area contributed by atoms with Crippen molar-refractivity contribution >= 4 is 21.8 Å². The van der Waals surface area contributed by atoms with Gasteiger partial charge in [0.05, 0.1) is 12.7 Å². The SMILES string of the molecule is COc1cc(Br)ccc1C(=O)N1CC(C)N(C)C(C)C1. The van der Waals surface area contributed by atoms with Gasteiger partial charge in [0.1, 0.15) is 5.75 Å². The zero-order chi connectivity index (χ0) is 14.9. The van der Waals surface area contributed by atoms with Crippen LogP contribution in [0, 0.1) is 0 Å². The molecule has 1 aliphatic rings. The van der Waals surface area contributed by atoms with E-state index in [4.69, 9.17) is 4.74 Å². The summed E-state index contributed by atoms with van der Waals surface area (Å²) in [5, 5.41) is 0. The molecule has 0 aromatic heterocycles. The second-order valence-electron chi connectivity index (χ2n) is 5.42. The zero-order valence-corrected chi connectivity index (χ0v) is 14.0. The van der Waals surface area contributed by atoms with Crippen LogP contribution in [0.5, 0.6) is 5.75 Å². The van der Waals surface area contributed by atoms with Crippen LogP contribution in [-0.2, 0) is 0 Å². The number of rotatable bonds is 2. The van der Waals surface area contributed by atoms with E-state index in [1.54, 1.807) is 7.11 Å². The number of ether oxygens (including phenoxy) is 1. The van der Waals surface area contributed by atoms with Gasteiger partial charge in [-0.15, -0.1) is 0 Å². The average Bonchev–Trinajstić information content (AvgIpc) is 2.43. The van der Waals surface area contributed by atoms with Crippen molar-refractivity contribution in [3.05, 3.63) is 28.2 Å². The average molecular weight is 341 g/mol. The Balaban J connectivity index is 2.23. The van der Waals surface area contributed by atoms with Crippen molar-refractivity contribution in [1.82, 2.24) is 9.80 Å². The van der Waals surface area contributed by atoms with E-state index >= 15 is 0 Å². The van der Waals surface area contributed by atoms with E-state index in [1.807, 2.05) is 23.1 Å². The summed E-state index contributed by atoms with van der Waals surface area (Å²) in [5.74, 6) is 0.657. The van der Waals surface area contributed by atoms with Crippen LogP contribution in [-0.4, -0.2) is 55.0 Å². The van der Waals surface area contributed by atoms with E-state index in [1.165, 1.54) is 0 Å². The predicted octanol–water partition coefficient (Wildman–Crippen LogP) is 2.62. The molecule has 1 aliphatic heterocycles. The summed E-state index contributed by atoms with van der Waals surface area (Å²) in [6.07, 6.45) is 0. The molecule has 0 radical (unpaired) electrons. The zero-order valence-electron chi connectivity index (χ0n) is 12.4. The standard InChI is InChI=1S/C15H21BrN2O2/c1-10-8-18(9-11(2)17(10)3)15(19)13-6-5-12(16)7-14(13)20-4/h5-7,10-11H,8-9H2,1-4H3. The summed E-state index contributed by atoms with van der Waals surface area (Å²) in [6, 6.07) is 6.25. The number of carbonyl (C=O) groups is 1. The monoisotopic (exact) mass is 340 g/mol. The molecule has 2 atom stereocenters. The first-order valence-electron chi connectivity index (χ1n) is 6.78. The summed E-state index contributed by atoms with van der Waals surface area (Å²) in [5.41, 5.74) is 0.625. The minimum atomic E-state index is 0.0427. The first-order chi connectivity index (χ1) is 9.43. The summed E-state index contributed by atoms with van der Waals surface area (Å²) in [4.78, 5) is 16.9. The van der Waals surface area contributed by atoms with Gasteiger partial charge in [0.25, 0.3) is 5.91 Å². The lowest BCUT2D eigenvalue weighted by atomic mass is 10.1. The van der Waals surface area contributed by atoms with Crippen molar-refractivity contribution in [2.45, 2.75) is 25.9 Å². The van der Waals surface area contributed by atoms with Crippen LogP contribution in [0.25, 0.3) is 0 Å². The number of methoxy groups -OCH3 is 1. The van der Waals surface area contributed by atoms with Gasteiger partial charge in [-0.3, -0.25) is 9.69 Å². The van der Waals surface area contributed by atoms with Crippen molar-refractivity contribution < 1.29 is 9.53 Å². The molecule has 1 aromatic rings. The number of hydrogen-bond donors (Lipinski definition) is 0. The molecule has 1 fully saturated rings. The Labute approximate surface area is 128 Å². The number of nitrogens with zero attached hydrogens (tertiary/aromatic N) is 2. The first kappa shape index (κ1) is 15.3. The number of benzene rings is 1. The Hall–Kier alpha value is -1.07. The highest BCUT2D eigenvalue weighted by atomic mass is 79.9. The maximum atomic E-state index is 12.7. The van der Waals surface area contributed by atoms with Crippen molar-refractivity contribution in [3.8, 4) is 5.75 Å². The minimum absolute atomic E-state index is 0.0427. The Bertz CT molecular complexity index is 495. The summed E-state index contributed by atoms with van der Waals surface area (Å²) >= 11 is 3.40. The van der Waals surface area contributed by atoms with Gasteiger partial charge in [-0.1, -0.05) is 15.9 Å². The molecule has 0 aliphatic carbocycles. The molecule has 1 aromatic carbocycles. The van der Waals surface area contributed by atoms with Crippen molar-refractivity contribution in [2.24, 2.45) is 0 Å². The van der Waals surface area contributed by atoms with Gasteiger partial charge in [-0.2, -0.15) is 0 Å². The van der Waals surface area contributed by atoms with Crippen LogP contribution in [0.15, 0.2) is 22.7 Å². The molecule has 0 spiro atoms. The molecule has 0 bridgehead atoms. The van der Waals surface area contributed by atoms with Crippen LogP contribution in [0.3, 0.4) is 0 Å². The van der Waals surface area contributed by atoms with Crippen molar-refractivity contribution in [2.75, 3.05) is 27.2 Å². The Kier molecular flexibility index (Phi) is 4.70. The molecular formula is C15H21BrN2O2. The van der Waals surface area contributed by atoms with Gasteiger partial charge in [0, 0.05) is 29.6 Å². The summed E-state index contributed by atoms with van der Waals surface area (Å²) in [6.45, 7) is 5.79. The molecule has 20 heavy (non-hydrogen) atoms. The molecule has 2 rings (SSSR count). The van der Waals surface area contributed by atoms with Gasteiger partial charge in [-0.05, 0) is 39.1 Å². The fraction of sp³-hybridized carbons (Fsp3) is 0.533. The quantitative estimate of drug-likeness (QED) is 0.829. The van der Waals surface area contributed by atoms with Crippen LogP contribution in [0.1, 0.15) is 24.2 Å². The van der Waals surface area contributed by atoms with Crippen molar-refractivity contribution in [1.29, 1.82) is 0 Å². The van der Waals surface area contributed by atoms with Crippen LogP contribution < -0.4 is 4.74 Å². The van der Waals surface area contributed by atoms with E-state index < -0.39 is 0 Å². The second-order valence-corrected chi connectivity index (χ2v) is 6.33. The Morgan fingerprint density at radius 1 is 1.30 bits per heavy atom. The van der Waals surface area contributed by atoms with Gasteiger partial charge in [-0.25, -0.2) is 0 Å². The molecular weight excluding hydrogens is 320 g/mol. The van der Waals surface area contributed by atoms with Gasteiger partial charge in [0.2, 0.25) is 0 Å². The molecule has 0 saturated carbocycles. The maximum absolute atomic E-state index is 12.7. The van der Waals surface area contributed by atoms with Gasteiger partial charge < -0.3 is 9.64 Å². The predicted molar refractivity (Wildman–Crippen MR) is 83.3 cm³/mol. The number of halogens is 1. The van der Waals surface area contributed by atoms with Gasteiger partial charge in [0.15, 0.2) is 0 Å². The lowest BCUT2D eigenvalue weighted by Crippen LogP contribution is -2.56. The number of likely N-dealkylation sites (N-methyl/N-ethyl adjacent to an activating group) is 1. The lowest BCUT2D eigenvalue weighted by Gasteiger charge is -2.42. The third-order valence-electron chi connectivity index (χ3n) is 4.04.